The number of furan rings is 1. The molecule has 6 nitrogen and oxygen atoms in total. The van der Waals surface area contributed by atoms with Crippen molar-refractivity contribution in [2.45, 2.75) is 27.3 Å². The maximum atomic E-state index is 12.6. The lowest BCUT2D eigenvalue weighted by atomic mass is 10.2. The van der Waals surface area contributed by atoms with Crippen LogP contribution in [0.4, 0.5) is 0 Å². The third-order valence-electron chi connectivity index (χ3n) is 4.02. The first kappa shape index (κ1) is 18.4. The zero-order chi connectivity index (χ0) is 18.7. The van der Waals surface area contributed by atoms with Crippen molar-refractivity contribution in [2.24, 2.45) is 4.99 Å². The summed E-state index contributed by atoms with van der Waals surface area (Å²) >= 11 is 1.46. The molecule has 0 spiro atoms. The molecule has 0 radical (unpaired) electrons. The number of fused-ring (bicyclic) bond motifs is 1. The molecular weight excluding hydrogens is 352 g/mol. The number of carbonyl (C=O) groups is 1. The van der Waals surface area contributed by atoms with Crippen LogP contribution in [0.5, 0.6) is 5.75 Å². The van der Waals surface area contributed by atoms with Crippen molar-refractivity contribution in [3.05, 3.63) is 46.2 Å². The summed E-state index contributed by atoms with van der Waals surface area (Å²) in [6.07, 6.45) is 0. The van der Waals surface area contributed by atoms with Gasteiger partial charge < -0.3 is 18.5 Å². The molecule has 0 aliphatic carbocycles. The SMILES string of the molecule is CCOCCn1c(=NC(=O)c2cc(C)oc2C)sc2cc(OC)ccc21. The van der Waals surface area contributed by atoms with Crippen molar-refractivity contribution in [3.8, 4) is 5.75 Å². The zero-order valence-corrected chi connectivity index (χ0v) is 16.2. The molecular formula is C19H22N2O4S. The van der Waals surface area contributed by atoms with Crippen LogP contribution in [0.1, 0.15) is 28.8 Å². The van der Waals surface area contributed by atoms with E-state index in [4.69, 9.17) is 13.9 Å². The highest BCUT2D eigenvalue weighted by Crippen LogP contribution is 2.23. The minimum Gasteiger partial charge on any atom is -0.497 e. The van der Waals surface area contributed by atoms with Crippen LogP contribution in [0.2, 0.25) is 0 Å². The first-order chi connectivity index (χ1) is 12.5. The highest BCUT2D eigenvalue weighted by molar-refractivity contribution is 7.16. The van der Waals surface area contributed by atoms with Crippen LogP contribution in [0, 0.1) is 13.8 Å². The predicted molar refractivity (Wildman–Crippen MR) is 101 cm³/mol. The number of amides is 1. The van der Waals surface area contributed by atoms with Crippen molar-refractivity contribution >= 4 is 27.5 Å². The quantitative estimate of drug-likeness (QED) is 0.617. The fraction of sp³-hybridized carbons (Fsp3) is 0.368. The topological polar surface area (TPSA) is 66.0 Å². The van der Waals surface area contributed by atoms with E-state index in [2.05, 4.69) is 4.99 Å². The molecule has 0 fully saturated rings. The molecule has 1 aromatic carbocycles. The van der Waals surface area contributed by atoms with E-state index in [1.807, 2.05) is 36.6 Å². The molecule has 0 saturated heterocycles. The van der Waals surface area contributed by atoms with E-state index in [9.17, 15) is 4.79 Å². The molecule has 0 atom stereocenters. The Hall–Kier alpha value is -2.38. The van der Waals surface area contributed by atoms with Crippen LogP contribution in [0.25, 0.3) is 10.2 Å². The van der Waals surface area contributed by atoms with Gasteiger partial charge in [0.05, 0.1) is 29.5 Å². The van der Waals surface area contributed by atoms with Crippen LogP contribution in [-0.2, 0) is 11.3 Å². The Morgan fingerprint density at radius 3 is 2.77 bits per heavy atom. The van der Waals surface area contributed by atoms with E-state index >= 15 is 0 Å². The Kier molecular flexibility index (Phi) is 5.58. The number of hydrogen-bond donors (Lipinski definition) is 0. The molecule has 0 aliphatic rings. The van der Waals surface area contributed by atoms with Gasteiger partial charge in [0.2, 0.25) is 0 Å². The molecule has 0 bridgehead atoms. The van der Waals surface area contributed by atoms with Crippen molar-refractivity contribution in [2.75, 3.05) is 20.3 Å². The number of benzene rings is 1. The number of hydrogen-bond acceptors (Lipinski definition) is 5. The lowest BCUT2D eigenvalue weighted by Gasteiger charge is -2.06. The van der Waals surface area contributed by atoms with Crippen LogP contribution in [0.3, 0.4) is 0 Å². The number of rotatable bonds is 6. The Labute approximate surface area is 155 Å². The van der Waals surface area contributed by atoms with E-state index in [0.29, 0.717) is 41.6 Å². The highest BCUT2D eigenvalue weighted by Gasteiger charge is 2.14. The number of carbonyl (C=O) groups excluding carboxylic acids is 1. The smallest absolute Gasteiger partial charge is 0.283 e. The number of nitrogens with zero attached hydrogens (tertiary/aromatic N) is 2. The van der Waals surface area contributed by atoms with Gasteiger partial charge in [-0.3, -0.25) is 4.79 Å². The molecule has 2 heterocycles. The number of methoxy groups -OCH3 is 1. The van der Waals surface area contributed by atoms with Gasteiger partial charge in [0.1, 0.15) is 17.3 Å². The maximum Gasteiger partial charge on any atom is 0.283 e. The van der Waals surface area contributed by atoms with E-state index in [1.54, 1.807) is 20.1 Å². The molecule has 138 valence electrons. The number of aryl methyl sites for hydroxylation is 2. The molecule has 26 heavy (non-hydrogen) atoms. The van der Waals surface area contributed by atoms with E-state index in [1.165, 1.54) is 11.3 Å². The fourth-order valence-corrected chi connectivity index (χ4v) is 3.86. The summed E-state index contributed by atoms with van der Waals surface area (Å²) < 4.78 is 19.3. The molecule has 0 unspecified atom stereocenters. The van der Waals surface area contributed by atoms with Crippen molar-refractivity contribution in [3.63, 3.8) is 0 Å². The number of aromatic nitrogens is 1. The van der Waals surface area contributed by atoms with Gasteiger partial charge in [-0.1, -0.05) is 11.3 Å². The highest BCUT2D eigenvalue weighted by atomic mass is 32.1. The summed E-state index contributed by atoms with van der Waals surface area (Å²) in [4.78, 5) is 17.6. The number of thiazole rings is 1. The van der Waals surface area contributed by atoms with Gasteiger partial charge in [-0.05, 0) is 45.0 Å². The molecule has 3 aromatic rings. The average Bonchev–Trinajstić information content (AvgIpc) is 3.13. The normalized spacial score (nSPS) is 12.1. The lowest BCUT2D eigenvalue weighted by molar-refractivity contribution is 0.0995. The van der Waals surface area contributed by atoms with E-state index < -0.39 is 0 Å². The van der Waals surface area contributed by atoms with E-state index in [0.717, 1.165) is 16.0 Å². The van der Waals surface area contributed by atoms with Crippen LogP contribution >= 0.6 is 11.3 Å². The second-order valence-electron chi connectivity index (χ2n) is 5.81. The van der Waals surface area contributed by atoms with Gasteiger partial charge in [0.15, 0.2) is 4.80 Å². The predicted octanol–water partition coefficient (Wildman–Crippen LogP) is 3.70. The fourth-order valence-electron chi connectivity index (χ4n) is 2.77. The van der Waals surface area contributed by atoms with Crippen LogP contribution in [0.15, 0.2) is 33.7 Å². The van der Waals surface area contributed by atoms with Crippen molar-refractivity contribution < 1.29 is 18.7 Å². The molecule has 0 aliphatic heterocycles. The lowest BCUT2D eigenvalue weighted by Crippen LogP contribution is -2.19. The van der Waals surface area contributed by atoms with E-state index in [-0.39, 0.29) is 5.91 Å². The second kappa shape index (κ2) is 7.88. The van der Waals surface area contributed by atoms with Gasteiger partial charge in [0.25, 0.3) is 5.91 Å². The van der Waals surface area contributed by atoms with Gasteiger partial charge in [-0.15, -0.1) is 0 Å². The summed E-state index contributed by atoms with van der Waals surface area (Å²) in [5.41, 5.74) is 1.50. The van der Waals surface area contributed by atoms with Crippen molar-refractivity contribution in [1.82, 2.24) is 4.57 Å². The Morgan fingerprint density at radius 1 is 1.31 bits per heavy atom. The Morgan fingerprint density at radius 2 is 2.12 bits per heavy atom. The van der Waals surface area contributed by atoms with Gasteiger partial charge in [0, 0.05) is 13.2 Å². The molecule has 0 saturated carbocycles. The largest absolute Gasteiger partial charge is 0.497 e. The minimum absolute atomic E-state index is 0.303. The molecule has 0 N–H and O–H groups in total. The van der Waals surface area contributed by atoms with Gasteiger partial charge in [-0.2, -0.15) is 4.99 Å². The third-order valence-corrected chi connectivity index (χ3v) is 5.06. The molecule has 7 heteroatoms. The first-order valence-corrected chi connectivity index (χ1v) is 9.26. The summed E-state index contributed by atoms with van der Waals surface area (Å²) in [5, 5.41) is 0. The number of ether oxygens (including phenoxy) is 2. The Balaban J connectivity index is 2.08. The van der Waals surface area contributed by atoms with Gasteiger partial charge in [-0.25, -0.2) is 0 Å². The van der Waals surface area contributed by atoms with Crippen LogP contribution < -0.4 is 9.54 Å². The van der Waals surface area contributed by atoms with Crippen LogP contribution in [-0.4, -0.2) is 30.8 Å². The third kappa shape index (κ3) is 3.73. The average molecular weight is 374 g/mol. The minimum atomic E-state index is -0.303. The summed E-state index contributed by atoms with van der Waals surface area (Å²) in [6, 6.07) is 7.56. The summed E-state index contributed by atoms with van der Waals surface area (Å²) in [7, 11) is 1.64. The molecule has 3 rings (SSSR count). The Bertz CT molecular complexity index is 997. The molecule has 2 aromatic heterocycles. The van der Waals surface area contributed by atoms with Gasteiger partial charge >= 0.3 is 0 Å². The standard InChI is InChI=1S/C19H22N2O4S/c1-5-24-9-8-21-16-7-6-14(23-4)11-17(16)26-19(21)20-18(22)15-10-12(2)25-13(15)3/h6-7,10-11H,5,8-9H2,1-4H3. The van der Waals surface area contributed by atoms with Crippen molar-refractivity contribution in [1.29, 1.82) is 0 Å². The maximum absolute atomic E-state index is 12.6. The summed E-state index contributed by atoms with van der Waals surface area (Å²) in [6.45, 7) is 7.37. The second-order valence-corrected chi connectivity index (χ2v) is 6.82. The zero-order valence-electron chi connectivity index (χ0n) is 15.4. The summed E-state index contributed by atoms with van der Waals surface area (Å²) in [5.74, 6) is 1.75. The first-order valence-electron chi connectivity index (χ1n) is 8.44. The molecule has 1 amide bonds. The monoisotopic (exact) mass is 374 g/mol.